The summed E-state index contributed by atoms with van der Waals surface area (Å²) in [5.74, 6) is 0.802. The molecule has 7 nitrogen and oxygen atoms in total. The van der Waals surface area contributed by atoms with Gasteiger partial charge in [0.1, 0.15) is 28.3 Å². The van der Waals surface area contributed by atoms with Crippen LogP contribution >= 0.6 is 34.8 Å². The minimum absolute atomic E-state index is 0.00717. The molecule has 3 aromatic carbocycles. The van der Waals surface area contributed by atoms with E-state index in [0.29, 0.717) is 29.4 Å². The number of nitrogens with zero attached hydrogens (tertiary/aromatic N) is 2. The zero-order valence-corrected chi connectivity index (χ0v) is 31.3. The first kappa shape index (κ1) is 38.0. The van der Waals surface area contributed by atoms with E-state index in [1.165, 1.54) is 5.56 Å². The zero-order valence-electron chi connectivity index (χ0n) is 29.0. The summed E-state index contributed by atoms with van der Waals surface area (Å²) in [6.07, 6.45) is 2.41. The Bertz CT molecular complexity index is 1770. The number of carbonyl (C=O) groups excluding carboxylic acids is 2. The van der Waals surface area contributed by atoms with Gasteiger partial charge in [0.05, 0.1) is 16.6 Å². The molecule has 260 valence electrons. The Morgan fingerprint density at radius 1 is 0.959 bits per heavy atom. The molecule has 1 heterocycles. The normalized spacial score (nSPS) is 16.1. The standard InChI is InChI=1S/C21H20Cl2O3.C18H24ClN3O/c1-21(2)17(12-18(22)23)19(21)20(24)25-13-14-7-6-10-16(11-14)26-15-8-4-3-5-9-15;1-6-14-15(19)16(22(5)21-14)17(23)20-11-12-7-9-13(10-8-12)18(2,3)4/h3-12,17,19H,13H2,1-2H3;7-10H,6,11H2,1-5H3,(H,20,23). The average Bonchev–Trinajstić information content (AvgIpc) is 3.45. The highest BCUT2D eigenvalue weighted by molar-refractivity contribution is 6.55. The highest BCUT2D eigenvalue weighted by Crippen LogP contribution is 2.60. The van der Waals surface area contributed by atoms with Crippen LogP contribution in [0.1, 0.15) is 74.4 Å². The molecule has 2 unspecified atom stereocenters. The molecule has 1 N–H and O–H groups in total. The largest absolute Gasteiger partial charge is 0.461 e. The zero-order chi connectivity index (χ0) is 35.9. The summed E-state index contributed by atoms with van der Waals surface area (Å²) in [6.45, 7) is 13.2. The van der Waals surface area contributed by atoms with E-state index < -0.39 is 0 Å². The lowest BCUT2D eigenvalue weighted by atomic mass is 9.87. The fourth-order valence-corrected chi connectivity index (χ4v) is 6.21. The van der Waals surface area contributed by atoms with Crippen molar-refractivity contribution < 1.29 is 19.1 Å². The first-order chi connectivity index (χ1) is 23.1. The van der Waals surface area contributed by atoms with Crippen molar-refractivity contribution in [2.75, 3.05) is 0 Å². The molecule has 2 atom stereocenters. The second-order valence-electron chi connectivity index (χ2n) is 13.7. The summed E-state index contributed by atoms with van der Waals surface area (Å²) >= 11 is 17.7. The van der Waals surface area contributed by atoms with Crippen molar-refractivity contribution in [2.45, 2.75) is 66.5 Å². The summed E-state index contributed by atoms with van der Waals surface area (Å²) in [7, 11) is 1.73. The van der Waals surface area contributed by atoms with Gasteiger partial charge in [0.15, 0.2) is 0 Å². The van der Waals surface area contributed by atoms with Crippen LogP contribution in [0, 0.1) is 17.3 Å². The molecule has 4 aromatic rings. The van der Waals surface area contributed by atoms with Crippen molar-refractivity contribution in [1.82, 2.24) is 15.1 Å². The molecule has 49 heavy (non-hydrogen) atoms. The first-order valence-electron chi connectivity index (χ1n) is 16.2. The molecule has 0 aliphatic heterocycles. The number of halogens is 3. The van der Waals surface area contributed by atoms with Crippen LogP contribution in [0.2, 0.25) is 5.02 Å². The summed E-state index contributed by atoms with van der Waals surface area (Å²) < 4.78 is 13.0. The molecule has 5 rings (SSSR count). The minimum atomic E-state index is -0.236. The second-order valence-corrected chi connectivity index (χ2v) is 15.1. The molecule has 1 saturated carbocycles. The fourth-order valence-electron chi connectivity index (χ4n) is 5.56. The number of carbonyl (C=O) groups is 2. The molecule has 0 spiro atoms. The Labute approximate surface area is 304 Å². The molecule has 1 aliphatic carbocycles. The van der Waals surface area contributed by atoms with Crippen LogP contribution in [-0.4, -0.2) is 21.7 Å². The van der Waals surface area contributed by atoms with Crippen molar-refractivity contribution in [3.05, 3.63) is 123 Å². The maximum absolute atomic E-state index is 12.4. The number of nitrogens with one attached hydrogen (secondary N) is 1. The molecule has 10 heteroatoms. The van der Waals surface area contributed by atoms with Crippen LogP contribution in [0.5, 0.6) is 11.5 Å². The van der Waals surface area contributed by atoms with E-state index in [-0.39, 0.29) is 45.6 Å². The molecular weight excluding hydrogens is 681 g/mol. The third-order valence-electron chi connectivity index (χ3n) is 8.61. The van der Waals surface area contributed by atoms with Crippen molar-refractivity contribution in [3.8, 4) is 11.5 Å². The Morgan fingerprint density at radius 3 is 2.20 bits per heavy atom. The molecule has 1 aromatic heterocycles. The van der Waals surface area contributed by atoms with Gasteiger partial charge in [-0.15, -0.1) is 0 Å². The van der Waals surface area contributed by atoms with Crippen LogP contribution in [0.3, 0.4) is 0 Å². The predicted molar refractivity (Wildman–Crippen MR) is 197 cm³/mol. The van der Waals surface area contributed by atoms with E-state index >= 15 is 0 Å². The quantitative estimate of drug-likeness (QED) is 0.165. The van der Waals surface area contributed by atoms with Crippen molar-refractivity contribution in [1.29, 1.82) is 0 Å². The van der Waals surface area contributed by atoms with Gasteiger partial charge in [-0.1, -0.05) is 131 Å². The molecule has 1 fully saturated rings. The van der Waals surface area contributed by atoms with E-state index in [2.05, 4.69) is 43.3 Å². The minimum Gasteiger partial charge on any atom is -0.461 e. The molecule has 1 amide bonds. The monoisotopic (exact) mass is 723 g/mol. The van der Waals surface area contributed by atoms with Gasteiger partial charge in [-0.25, -0.2) is 0 Å². The number of aryl methyl sites for hydroxylation is 2. The van der Waals surface area contributed by atoms with E-state index in [1.807, 2.05) is 87.5 Å². The number of amides is 1. The number of para-hydroxylation sites is 1. The van der Waals surface area contributed by atoms with Gasteiger partial charge in [-0.3, -0.25) is 14.3 Å². The summed E-state index contributed by atoms with van der Waals surface area (Å²) in [5.41, 5.74) is 4.29. The molecule has 0 saturated heterocycles. The third kappa shape index (κ3) is 10.1. The predicted octanol–water partition coefficient (Wildman–Crippen LogP) is 9.98. The number of hydrogen-bond acceptors (Lipinski definition) is 5. The van der Waals surface area contributed by atoms with E-state index in [4.69, 9.17) is 44.3 Å². The Kier molecular flexibility index (Phi) is 12.6. The second kappa shape index (κ2) is 16.3. The summed E-state index contributed by atoms with van der Waals surface area (Å²) in [6, 6.07) is 25.3. The lowest BCUT2D eigenvalue weighted by Crippen LogP contribution is -2.25. The molecule has 0 bridgehead atoms. The van der Waals surface area contributed by atoms with Crippen LogP contribution in [0.15, 0.2) is 89.4 Å². The Morgan fingerprint density at radius 2 is 1.61 bits per heavy atom. The van der Waals surface area contributed by atoms with Crippen LogP contribution in [0.25, 0.3) is 0 Å². The van der Waals surface area contributed by atoms with Gasteiger partial charge in [0.25, 0.3) is 5.91 Å². The van der Waals surface area contributed by atoms with Crippen LogP contribution < -0.4 is 10.1 Å². The average molecular weight is 725 g/mol. The van der Waals surface area contributed by atoms with Gasteiger partial charge in [0.2, 0.25) is 0 Å². The van der Waals surface area contributed by atoms with E-state index in [0.717, 1.165) is 22.6 Å². The summed E-state index contributed by atoms with van der Waals surface area (Å²) in [5, 5.41) is 7.62. The van der Waals surface area contributed by atoms with Gasteiger partial charge < -0.3 is 14.8 Å². The smallest absolute Gasteiger partial charge is 0.310 e. The molecule has 0 radical (unpaired) electrons. The lowest BCUT2D eigenvalue weighted by molar-refractivity contribution is -0.147. The summed E-state index contributed by atoms with van der Waals surface area (Å²) in [4.78, 5) is 24.8. The van der Waals surface area contributed by atoms with Crippen molar-refractivity contribution in [2.24, 2.45) is 24.3 Å². The maximum Gasteiger partial charge on any atom is 0.310 e. The fraction of sp³-hybridized carbons (Fsp3) is 0.359. The van der Waals surface area contributed by atoms with Crippen LogP contribution in [0.4, 0.5) is 0 Å². The van der Waals surface area contributed by atoms with Gasteiger partial charge in [-0.05, 0) is 70.2 Å². The number of rotatable bonds is 10. The topological polar surface area (TPSA) is 82.5 Å². The van der Waals surface area contributed by atoms with E-state index in [9.17, 15) is 9.59 Å². The van der Waals surface area contributed by atoms with E-state index in [1.54, 1.807) is 17.8 Å². The number of allylic oxidation sites excluding steroid dienone is 1. The van der Waals surface area contributed by atoms with Gasteiger partial charge in [0, 0.05) is 13.6 Å². The SMILES string of the molecule is CC1(C)C(C=C(Cl)Cl)C1C(=O)OCc1cccc(Oc2ccccc2)c1.CCc1nn(C)c(C(=O)NCc2ccc(C(C)(C)C)cc2)c1Cl. The maximum atomic E-state index is 12.4. The van der Waals surface area contributed by atoms with Crippen LogP contribution in [-0.2, 0) is 41.6 Å². The number of hydrogen-bond donors (Lipinski definition) is 1. The molecule has 1 aliphatic rings. The number of ether oxygens (including phenoxy) is 2. The Hall–Kier alpha value is -3.78. The van der Waals surface area contributed by atoms with Crippen molar-refractivity contribution >= 4 is 46.7 Å². The van der Waals surface area contributed by atoms with Gasteiger partial charge in [-0.2, -0.15) is 5.10 Å². The highest BCUT2D eigenvalue weighted by atomic mass is 35.5. The van der Waals surface area contributed by atoms with Crippen molar-refractivity contribution in [3.63, 3.8) is 0 Å². The molecular formula is C39H44Cl3N3O4. The van der Waals surface area contributed by atoms with Gasteiger partial charge >= 0.3 is 5.97 Å². The number of esters is 1. The first-order valence-corrected chi connectivity index (χ1v) is 17.4. The highest BCUT2D eigenvalue weighted by Gasteiger charge is 2.61. The number of aromatic nitrogens is 2. The third-order valence-corrected chi connectivity index (χ3v) is 9.26. The Balaban J connectivity index is 0.000000223. The number of benzene rings is 3. The lowest BCUT2D eigenvalue weighted by Gasteiger charge is -2.19.